The third-order valence-electron chi connectivity index (χ3n) is 3.18. The monoisotopic (exact) mass is 422 g/mol. The number of hydrogen-bond donors (Lipinski definition) is 3. The first-order chi connectivity index (χ1) is 11.8. The zero-order chi connectivity index (χ0) is 18.6. The van der Waals surface area contributed by atoms with Crippen LogP contribution in [0.3, 0.4) is 0 Å². The molecule has 25 heavy (non-hydrogen) atoms. The molecular weight excluding hydrogens is 404 g/mol. The number of aromatic hydroxyl groups is 1. The van der Waals surface area contributed by atoms with Crippen LogP contribution in [0.4, 0.5) is 5.69 Å². The third kappa shape index (κ3) is 5.44. The van der Waals surface area contributed by atoms with Crippen molar-refractivity contribution in [3.8, 4) is 11.5 Å². The highest BCUT2D eigenvalue weighted by Crippen LogP contribution is 2.27. The van der Waals surface area contributed by atoms with Crippen LogP contribution in [-0.4, -0.2) is 22.2 Å². The van der Waals surface area contributed by atoms with Crippen LogP contribution in [0, 0.1) is 6.92 Å². The molecule has 0 radical (unpaired) electrons. The first-order valence-corrected chi connectivity index (χ1v) is 8.84. The summed E-state index contributed by atoms with van der Waals surface area (Å²) in [6.45, 7) is 5.75. The number of ether oxygens (including phenoxy) is 1. The first-order valence-electron chi connectivity index (χ1n) is 7.64. The molecule has 0 saturated carbocycles. The summed E-state index contributed by atoms with van der Waals surface area (Å²) in [6.07, 6.45) is 0.0368. The fourth-order valence-corrected chi connectivity index (χ4v) is 2.75. The zero-order valence-corrected chi connectivity index (χ0v) is 16.5. The van der Waals surface area contributed by atoms with E-state index in [4.69, 9.17) is 17.0 Å². The van der Waals surface area contributed by atoms with Gasteiger partial charge in [0, 0.05) is 5.56 Å². The lowest BCUT2D eigenvalue weighted by molar-refractivity contribution is 0.0977. The number of carbonyl (C=O) groups excluding carboxylic acids is 1. The highest BCUT2D eigenvalue weighted by atomic mass is 79.9. The number of phenols is 1. The van der Waals surface area contributed by atoms with Crippen molar-refractivity contribution >= 4 is 44.9 Å². The SMILES string of the molecule is Cc1ccc(O)c(NC(=S)NC(=O)c2ccc(OC(C)C)c(Br)c2)c1. The Balaban J connectivity index is 2.05. The molecule has 0 spiro atoms. The molecule has 0 aliphatic heterocycles. The third-order valence-corrected chi connectivity index (χ3v) is 4.01. The van der Waals surface area contributed by atoms with Gasteiger partial charge in [-0.3, -0.25) is 10.1 Å². The van der Waals surface area contributed by atoms with Gasteiger partial charge in [-0.25, -0.2) is 0 Å². The van der Waals surface area contributed by atoms with Gasteiger partial charge in [0.15, 0.2) is 5.11 Å². The van der Waals surface area contributed by atoms with Crippen molar-refractivity contribution in [1.82, 2.24) is 5.32 Å². The molecule has 0 fully saturated rings. The number of aryl methyl sites for hydroxylation is 1. The van der Waals surface area contributed by atoms with Crippen LogP contribution in [0.25, 0.3) is 0 Å². The lowest BCUT2D eigenvalue weighted by Gasteiger charge is -2.13. The lowest BCUT2D eigenvalue weighted by atomic mass is 10.2. The molecule has 0 unspecified atom stereocenters. The summed E-state index contributed by atoms with van der Waals surface area (Å²) in [7, 11) is 0. The Labute approximate surface area is 160 Å². The van der Waals surface area contributed by atoms with Crippen molar-refractivity contribution in [2.45, 2.75) is 26.9 Å². The van der Waals surface area contributed by atoms with Crippen LogP contribution in [0.2, 0.25) is 0 Å². The first kappa shape index (κ1) is 19.2. The normalized spacial score (nSPS) is 10.4. The summed E-state index contributed by atoms with van der Waals surface area (Å²) >= 11 is 8.54. The molecule has 2 aromatic carbocycles. The van der Waals surface area contributed by atoms with Gasteiger partial charge >= 0.3 is 0 Å². The van der Waals surface area contributed by atoms with Crippen molar-refractivity contribution in [2.75, 3.05) is 5.32 Å². The summed E-state index contributed by atoms with van der Waals surface area (Å²) in [6, 6.07) is 10.1. The van der Waals surface area contributed by atoms with E-state index in [0.717, 1.165) is 5.56 Å². The number of thiocarbonyl (C=S) groups is 1. The second-order valence-corrected chi connectivity index (χ2v) is 7.00. The topological polar surface area (TPSA) is 70.6 Å². The molecule has 0 saturated heterocycles. The van der Waals surface area contributed by atoms with Gasteiger partial charge in [0.05, 0.1) is 16.3 Å². The predicted octanol–water partition coefficient (Wildman–Crippen LogP) is 4.38. The molecule has 0 aliphatic carbocycles. The molecule has 3 N–H and O–H groups in total. The van der Waals surface area contributed by atoms with Gasteiger partial charge in [0.1, 0.15) is 11.5 Å². The number of benzene rings is 2. The molecule has 0 aliphatic rings. The fourth-order valence-electron chi connectivity index (χ4n) is 2.07. The summed E-state index contributed by atoms with van der Waals surface area (Å²) in [4.78, 5) is 12.3. The van der Waals surface area contributed by atoms with E-state index in [2.05, 4.69) is 26.6 Å². The van der Waals surface area contributed by atoms with Crippen LogP contribution in [-0.2, 0) is 0 Å². The van der Waals surface area contributed by atoms with Gasteiger partial charge in [-0.15, -0.1) is 0 Å². The maximum absolute atomic E-state index is 12.3. The van der Waals surface area contributed by atoms with Gasteiger partial charge in [-0.05, 0) is 84.8 Å². The maximum Gasteiger partial charge on any atom is 0.257 e. The second kappa shape index (κ2) is 8.31. The number of halogens is 1. The summed E-state index contributed by atoms with van der Waals surface area (Å²) in [5.74, 6) is 0.360. The van der Waals surface area contributed by atoms with Gasteiger partial charge in [0.25, 0.3) is 5.91 Å². The Morgan fingerprint density at radius 1 is 1.24 bits per heavy atom. The Hall–Kier alpha value is -2.12. The molecule has 0 heterocycles. The Bertz CT molecular complexity index is 809. The van der Waals surface area contributed by atoms with E-state index in [1.165, 1.54) is 0 Å². The van der Waals surface area contributed by atoms with E-state index in [1.54, 1.807) is 36.4 Å². The van der Waals surface area contributed by atoms with Gasteiger partial charge in [-0.2, -0.15) is 0 Å². The minimum absolute atomic E-state index is 0.0368. The highest BCUT2D eigenvalue weighted by Gasteiger charge is 2.12. The van der Waals surface area contributed by atoms with Crippen molar-refractivity contribution in [1.29, 1.82) is 0 Å². The summed E-state index contributed by atoms with van der Waals surface area (Å²) < 4.78 is 6.30. The van der Waals surface area contributed by atoms with E-state index >= 15 is 0 Å². The number of nitrogens with one attached hydrogen (secondary N) is 2. The van der Waals surface area contributed by atoms with Crippen LogP contribution in [0.1, 0.15) is 29.8 Å². The van der Waals surface area contributed by atoms with E-state index < -0.39 is 0 Å². The van der Waals surface area contributed by atoms with Gasteiger partial charge in [-0.1, -0.05) is 6.07 Å². The molecule has 132 valence electrons. The van der Waals surface area contributed by atoms with E-state index in [0.29, 0.717) is 21.5 Å². The molecule has 0 bridgehead atoms. The quantitative estimate of drug-likeness (QED) is 0.503. The van der Waals surface area contributed by atoms with E-state index in [9.17, 15) is 9.90 Å². The standard InChI is InChI=1S/C18H19BrN2O3S/c1-10(2)24-16-7-5-12(9-13(16)19)17(23)21-18(25)20-14-8-11(3)4-6-15(14)22/h4-10,22H,1-3H3,(H2,20,21,23,25). The van der Waals surface area contributed by atoms with Crippen molar-refractivity contribution in [3.05, 3.63) is 52.0 Å². The van der Waals surface area contributed by atoms with Crippen LogP contribution in [0.5, 0.6) is 11.5 Å². The number of anilines is 1. The largest absolute Gasteiger partial charge is 0.506 e. The average molecular weight is 423 g/mol. The van der Waals surface area contributed by atoms with Crippen LogP contribution < -0.4 is 15.4 Å². The highest BCUT2D eigenvalue weighted by molar-refractivity contribution is 9.10. The predicted molar refractivity (Wildman–Crippen MR) is 106 cm³/mol. The van der Waals surface area contributed by atoms with E-state index in [1.807, 2.05) is 20.8 Å². The number of rotatable bonds is 4. The Kier molecular flexibility index (Phi) is 6.39. The number of hydrogen-bond acceptors (Lipinski definition) is 4. The lowest BCUT2D eigenvalue weighted by Crippen LogP contribution is -2.34. The Morgan fingerprint density at radius 2 is 1.96 bits per heavy atom. The Morgan fingerprint density at radius 3 is 2.60 bits per heavy atom. The number of phenolic OH excluding ortho intramolecular Hbond substituents is 1. The zero-order valence-electron chi connectivity index (χ0n) is 14.1. The summed E-state index contributed by atoms with van der Waals surface area (Å²) in [5.41, 5.74) is 1.83. The molecule has 5 nitrogen and oxygen atoms in total. The fraction of sp³-hybridized carbons (Fsp3) is 0.222. The van der Waals surface area contributed by atoms with Crippen molar-refractivity contribution in [3.63, 3.8) is 0 Å². The molecule has 2 aromatic rings. The number of amides is 1. The van der Waals surface area contributed by atoms with Gasteiger partial charge in [0.2, 0.25) is 0 Å². The summed E-state index contributed by atoms with van der Waals surface area (Å²) in [5, 5.41) is 15.3. The minimum atomic E-state index is -0.360. The molecule has 0 atom stereocenters. The molecule has 0 aromatic heterocycles. The number of carbonyl (C=O) groups is 1. The second-order valence-electron chi connectivity index (χ2n) is 5.74. The van der Waals surface area contributed by atoms with Crippen molar-refractivity contribution in [2.24, 2.45) is 0 Å². The molecule has 2 rings (SSSR count). The van der Waals surface area contributed by atoms with E-state index in [-0.39, 0.29) is 22.9 Å². The maximum atomic E-state index is 12.3. The average Bonchev–Trinajstić information content (AvgIpc) is 2.52. The van der Waals surface area contributed by atoms with Crippen molar-refractivity contribution < 1.29 is 14.6 Å². The van der Waals surface area contributed by atoms with Crippen LogP contribution >= 0.6 is 28.1 Å². The smallest absolute Gasteiger partial charge is 0.257 e. The molecule has 1 amide bonds. The molecular formula is C18H19BrN2O3S. The van der Waals surface area contributed by atoms with Crippen LogP contribution in [0.15, 0.2) is 40.9 Å². The minimum Gasteiger partial charge on any atom is -0.506 e. The molecule has 7 heteroatoms. The van der Waals surface area contributed by atoms with Gasteiger partial charge < -0.3 is 15.2 Å².